The molecule has 0 aromatic heterocycles. The van der Waals surface area contributed by atoms with Crippen molar-refractivity contribution in [1.29, 1.82) is 0 Å². The minimum atomic E-state index is -1.06. The van der Waals surface area contributed by atoms with E-state index >= 15 is 0 Å². The van der Waals surface area contributed by atoms with E-state index in [1.807, 2.05) is 0 Å². The Kier molecular flexibility index (Phi) is 5.27. The Hall–Kier alpha value is -1.43. The van der Waals surface area contributed by atoms with Crippen molar-refractivity contribution in [3.63, 3.8) is 0 Å². The van der Waals surface area contributed by atoms with Crippen molar-refractivity contribution in [3.05, 3.63) is 35.4 Å². The SMILES string of the molecule is CC(=O)SCC(Cc1ccc(F)c(F)c1)C(=O)O. The van der Waals surface area contributed by atoms with Gasteiger partial charge in [0, 0.05) is 12.7 Å². The van der Waals surface area contributed by atoms with Crippen molar-refractivity contribution in [2.45, 2.75) is 13.3 Å². The Morgan fingerprint density at radius 1 is 1.33 bits per heavy atom. The van der Waals surface area contributed by atoms with Crippen LogP contribution >= 0.6 is 11.8 Å². The van der Waals surface area contributed by atoms with Crippen molar-refractivity contribution >= 4 is 22.8 Å². The third-order valence-corrected chi connectivity index (χ3v) is 3.28. The van der Waals surface area contributed by atoms with Crippen molar-refractivity contribution in [1.82, 2.24) is 0 Å². The predicted octanol–water partition coefficient (Wildman–Crippen LogP) is 2.49. The molecule has 0 fully saturated rings. The van der Waals surface area contributed by atoms with Crippen LogP contribution in [0.25, 0.3) is 0 Å². The Balaban J connectivity index is 2.73. The summed E-state index contributed by atoms with van der Waals surface area (Å²) in [5.41, 5.74) is 0.394. The van der Waals surface area contributed by atoms with Gasteiger partial charge in [-0.2, -0.15) is 0 Å². The fourth-order valence-corrected chi connectivity index (χ4v) is 2.08. The van der Waals surface area contributed by atoms with Crippen molar-refractivity contribution in [3.8, 4) is 0 Å². The van der Waals surface area contributed by atoms with E-state index in [1.54, 1.807) is 0 Å². The quantitative estimate of drug-likeness (QED) is 0.896. The Morgan fingerprint density at radius 2 is 2.00 bits per heavy atom. The van der Waals surface area contributed by atoms with E-state index in [9.17, 15) is 18.4 Å². The molecule has 98 valence electrons. The van der Waals surface area contributed by atoms with Crippen LogP contribution in [0.4, 0.5) is 8.78 Å². The highest BCUT2D eigenvalue weighted by Gasteiger charge is 2.19. The molecule has 0 saturated carbocycles. The van der Waals surface area contributed by atoms with E-state index in [-0.39, 0.29) is 17.3 Å². The number of hydrogen-bond acceptors (Lipinski definition) is 3. The summed E-state index contributed by atoms with van der Waals surface area (Å²) in [4.78, 5) is 21.8. The van der Waals surface area contributed by atoms with Crippen LogP contribution in [-0.4, -0.2) is 21.9 Å². The third kappa shape index (κ3) is 4.44. The van der Waals surface area contributed by atoms with E-state index in [2.05, 4.69) is 0 Å². The molecule has 18 heavy (non-hydrogen) atoms. The lowest BCUT2D eigenvalue weighted by Crippen LogP contribution is -2.19. The number of halogens is 2. The molecule has 1 unspecified atom stereocenters. The number of thioether (sulfide) groups is 1. The zero-order valence-corrected chi connectivity index (χ0v) is 10.5. The summed E-state index contributed by atoms with van der Waals surface area (Å²) in [6.07, 6.45) is 0.0623. The van der Waals surface area contributed by atoms with Crippen LogP contribution in [0.15, 0.2) is 18.2 Å². The van der Waals surface area contributed by atoms with Gasteiger partial charge in [-0.15, -0.1) is 0 Å². The Bertz CT molecular complexity index is 463. The minimum Gasteiger partial charge on any atom is -0.481 e. The minimum absolute atomic E-state index is 0.0623. The predicted molar refractivity (Wildman–Crippen MR) is 64.3 cm³/mol. The van der Waals surface area contributed by atoms with Gasteiger partial charge < -0.3 is 5.11 Å². The monoisotopic (exact) mass is 274 g/mol. The topological polar surface area (TPSA) is 54.4 Å². The summed E-state index contributed by atoms with van der Waals surface area (Å²) < 4.78 is 25.7. The number of rotatable bonds is 5. The molecule has 1 aromatic rings. The first-order valence-electron chi connectivity index (χ1n) is 5.20. The fraction of sp³-hybridized carbons (Fsp3) is 0.333. The third-order valence-electron chi connectivity index (χ3n) is 2.30. The molecule has 1 rings (SSSR count). The van der Waals surface area contributed by atoms with E-state index in [4.69, 9.17) is 5.11 Å². The Labute approximate surface area is 107 Å². The first kappa shape index (κ1) is 14.6. The zero-order chi connectivity index (χ0) is 13.7. The average Bonchev–Trinajstić information content (AvgIpc) is 2.28. The lowest BCUT2D eigenvalue weighted by molar-refractivity contribution is -0.140. The molecule has 0 radical (unpaired) electrons. The number of carboxylic acid groups (broad SMARTS) is 1. The van der Waals surface area contributed by atoms with E-state index < -0.39 is 23.5 Å². The smallest absolute Gasteiger partial charge is 0.307 e. The van der Waals surface area contributed by atoms with Crippen molar-refractivity contribution in [2.75, 3.05) is 5.75 Å². The molecule has 0 aliphatic rings. The summed E-state index contributed by atoms with van der Waals surface area (Å²) in [6, 6.07) is 3.28. The Morgan fingerprint density at radius 3 is 2.50 bits per heavy atom. The molecule has 0 aliphatic carbocycles. The number of aliphatic carboxylic acids is 1. The molecule has 1 aromatic carbocycles. The van der Waals surface area contributed by atoms with Gasteiger partial charge in [-0.3, -0.25) is 9.59 Å². The summed E-state index contributed by atoms with van der Waals surface area (Å²) in [7, 11) is 0. The number of carboxylic acids is 1. The first-order valence-corrected chi connectivity index (χ1v) is 6.18. The van der Waals surface area contributed by atoms with E-state index in [1.165, 1.54) is 13.0 Å². The van der Waals surface area contributed by atoms with Crippen LogP contribution < -0.4 is 0 Å². The molecule has 0 heterocycles. The summed E-state index contributed by atoms with van der Waals surface area (Å²) >= 11 is 0.907. The highest BCUT2D eigenvalue weighted by molar-refractivity contribution is 8.13. The van der Waals surface area contributed by atoms with Crippen LogP contribution in [0.2, 0.25) is 0 Å². The van der Waals surface area contributed by atoms with Crippen molar-refractivity contribution < 1.29 is 23.5 Å². The molecule has 6 heteroatoms. The van der Waals surface area contributed by atoms with Crippen LogP contribution in [0.3, 0.4) is 0 Å². The van der Waals surface area contributed by atoms with Gasteiger partial charge in [0.15, 0.2) is 16.7 Å². The van der Waals surface area contributed by atoms with Gasteiger partial charge >= 0.3 is 5.97 Å². The fourth-order valence-electron chi connectivity index (χ4n) is 1.39. The molecule has 0 spiro atoms. The lowest BCUT2D eigenvalue weighted by Gasteiger charge is -2.11. The molecule has 0 aliphatic heterocycles. The number of carbonyl (C=O) groups is 2. The maximum absolute atomic E-state index is 13.0. The molecule has 0 saturated heterocycles. The summed E-state index contributed by atoms with van der Waals surface area (Å²) in [6.45, 7) is 1.35. The highest BCUT2D eigenvalue weighted by Crippen LogP contribution is 2.17. The van der Waals surface area contributed by atoms with Gasteiger partial charge in [-0.25, -0.2) is 8.78 Å². The molecule has 3 nitrogen and oxygen atoms in total. The molecule has 1 atom stereocenters. The average molecular weight is 274 g/mol. The van der Waals surface area contributed by atoms with E-state index in [0.29, 0.717) is 5.56 Å². The zero-order valence-electron chi connectivity index (χ0n) is 9.65. The van der Waals surface area contributed by atoms with Gasteiger partial charge in [-0.1, -0.05) is 17.8 Å². The van der Waals surface area contributed by atoms with Crippen LogP contribution in [0.5, 0.6) is 0 Å². The standard InChI is InChI=1S/C12H12F2O3S/c1-7(15)18-6-9(12(16)17)4-8-2-3-10(13)11(14)5-8/h2-3,5,9H,4,6H2,1H3,(H,16,17). The normalized spacial score (nSPS) is 12.2. The van der Waals surface area contributed by atoms with Gasteiger partial charge in [0.05, 0.1) is 5.92 Å². The lowest BCUT2D eigenvalue weighted by atomic mass is 10.0. The molecular formula is C12H12F2O3S. The second-order valence-corrected chi connectivity index (χ2v) is 4.99. The molecule has 0 bridgehead atoms. The summed E-state index contributed by atoms with van der Waals surface area (Å²) in [5, 5.41) is 8.80. The number of benzene rings is 1. The van der Waals surface area contributed by atoms with Gasteiger partial charge in [0.2, 0.25) is 0 Å². The van der Waals surface area contributed by atoms with Gasteiger partial charge in [0.1, 0.15) is 0 Å². The second kappa shape index (κ2) is 6.49. The van der Waals surface area contributed by atoms with Crippen LogP contribution in [0, 0.1) is 17.6 Å². The van der Waals surface area contributed by atoms with Crippen LogP contribution in [-0.2, 0) is 16.0 Å². The first-order chi connectivity index (χ1) is 8.40. The molecular weight excluding hydrogens is 262 g/mol. The van der Waals surface area contributed by atoms with Gasteiger partial charge in [-0.05, 0) is 24.1 Å². The maximum Gasteiger partial charge on any atom is 0.307 e. The second-order valence-electron chi connectivity index (χ2n) is 3.79. The van der Waals surface area contributed by atoms with Crippen LogP contribution in [0.1, 0.15) is 12.5 Å². The number of hydrogen-bond donors (Lipinski definition) is 1. The summed E-state index contributed by atoms with van der Waals surface area (Å²) in [5.74, 6) is -3.72. The van der Waals surface area contributed by atoms with E-state index in [0.717, 1.165) is 23.9 Å². The highest BCUT2D eigenvalue weighted by atomic mass is 32.2. The largest absolute Gasteiger partial charge is 0.481 e. The maximum atomic E-state index is 13.0. The number of carbonyl (C=O) groups excluding carboxylic acids is 1. The molecule has 0 amide bonds. The molecule has 1 N–H and O–H groups in total. The van der Waals surface area contributed by atoms with Gasteiger partial charge in [0.25, 0.3) is 0 Å². The van der Waals surface area contributed by atoms with Crippen molar-refractivity contribution in [2.24, 2.45) is 5.92 Å².